The van der Waals surface area contributed by atoms with Gasteiger partial charge in [0.2, 0.25) is 0 Å². The van der Waals surface area contributed by atoms with Gasteiger partial charge in [-0.3, -0.25) is 0 Å². The number of hydrogen-bond donors (Lipinski definition) is 0. The Morgan fingerprint density at radius 3 is 1.90 bits per heavy atom. The molecular weight excluding hydrogens is 156 g/mol. The van der Waals surface area contributed by atoms with Crippen LogP contribution < -0.4 is 0 Å². The average molecular weight is 174 g/mol. The van der Waals surface area contributed by atoms with Crippen molar-refractivity contribution in [1.82, 2.24) is 0 Å². The van der Waals surface area contributed by atoms with Gasteiger partial charge >= 0.3 is 0 Å². The van der Waals surface area contributed by atoms with Crippen LogP contribution in [0.5, 0.6) is 0 Å². The Bertz CT molecular complexity index is 147. The molecule has 0 aromatic carbocycles. The Kier molecular flexibility index (Phi) is 4.21. The molecule has 0 aliphatic heterocycles. The van der Waals surface area contributed by atoms with Gasteiger partial charge in [-0.25, -0.2) is 0 Å². The topological polar surface area (TPSA) is 0 Å². The molecule has 0 heterocycles. The Balaban J connectivity index is 3.90. The first kappa shape index (κ1) is 10.2. The third-order valence-corrected chi connectivity index (χ3v) is 2.84. The lowest BCUT2D eigenvalue weighted by Crippen LogP contribution is -2.15. The van der Waals surface area contributed by atoms with Crippen molar-refractivity contribution in [2.45, 2.75) is 19.6 Å². The Morgan fingerprint density at radius 2 is 1.60 bits per heavy atom. The van der Waals surface area contributed by atoms with Crippen LogP contribution in [0, 0.1) is 0 Å². The quantitative estimate of drug-likeness (QED) is 0.343. The normalized spacial score (nSPS) is 13.0. The van der Waals surface area contributed by atoms with Gasteiger partial charge in [-0.2, -0.15) is 10.5 Å². The molecule has 0 spiro atoms. The van der Waals surface area contributed by atoms with E-state index in [0.717, 1.165) is 0 Å². The Hall–Kier alpha value is 0.177. The van der Waals surface area contributed by atoms with E-state index in [1.807, 2.05) is 0 Å². The van der Waals surface area contributed by atoms with Crippen LogP contribution in [0.25, 0.3) is 0 Å². The summed E-state index contributed by atoms with van der Waals surface area (Å²) in [6.07, 6.45) is 6.69. The standard InChI is InChI=1S/C8H18SSi/c1-9(2)7-6-8-10(3,4)5/h6-8H,1-5H3/b8-6+. The summed E-state index contributed by atoms with van der Waals surface area (Å²) in [5.74, 6) is 0. The number of allylic oxidation sites excluding steroid dienone is 1. The van der Waals surface area contributed by atoms with E-state index in [0.29, 0.717) is 10.5 Å². The van der Waals surface area contributed by atoms with Gasteiger partial charge in [-0.15, -0.1) is 0 Å². The zero-order valence-corrected chi connectivity index (χ0v) is 9.46. The van der Waals surface area contributed by atoms with Gasteiger partial charge < -0.3 is 0 Å². The van der Waals surface area contributed by atoms with Gasteiger partial charge in [0.15, 0.2) is 0 Å². The molecule has 0 radical (unpaired) electrons. The highest BCUT2D eigenvalue weighted by Crippen LogP contribution is 2.02. The highest BCUT2D eigenvalue weighted by molar-refractivity contribution is 8.14. The summed E-state index contributed by atoms with van der Waals surface area (Å²) >= 11 is 0. The van der Waals surface area contributed by atoms with Gasteiger partial charge in [-0.05, 0) is 17.9 Å². The third-order valence-electron chi connectivity index (χ3n) is 0.947. The second-order valence-corrected chi connectivity index (χ2v) is 10.8. The fourth-order valence-electron chi connectivity index (χ4n) is 0.485. The fraction of sp³-hybridized carbons (Fsp3) is 0.625. The van der Waals surface area contributed by atoms with E-state index in [1.54, 1.807) is 0 Å². The predicted octanol–water partition coefficient (Wildman–Crippen LogP) is 2.75. The molecule has 0 aliphatic carbocycles. The second kappa shape index (κ2) is 4.14. The molecule has 60 valence electrons. The summed E-state index contributed by atoms with van der Waals surface area (Å²) in [5, 5.41) is 2.28. The van der Waals surface area contributed by atoms with Crippen LogP contribution in [-0.2, 0) is 0 Å². The Morgan fingerprint density at radius 1 is 1.10 bits per heavy atom. The average Bonchev–Trinajstić information content (AvgIpc) is 1.59. The minimum atomic E-state index is -0.931. The summed E-state index contributed by atoms with van der Waals surface area (Å²) in [7, 11) is -0.471. The van der Waals surface area contributed by atoms with E-state index in [2.05, 4.69) is 49.3 Å². The van der Waals surface area contributed by atoms with Crippen molar-refractivity contribution in [3.63, 3.8) is 0 Å². The van der Waals surface area contributed by atoms with E-state index in [9.17, 15) is 0 Å². The van der Waals surface area contributed by atoms with E-state index in [4.69, 9.17) is 0 Å². The minimum Gasteiger partial charge on any atom is -0.192 e. The molecule has 0 aromatic heterocycles. The maximum absolute atomic E-state index is 2.38. The summed E-state index contributed by atoms with van der Waals surface area (Å²) < 4.78 is 0. The van der Waals surface area contributed by atoms with Crippen molar-refractivity contribution in [3.8, 4) is 0 Å². The summed E-state index contributed by atoms with van der Waals surface area (Å²) in [5.41, 5.74) is 2.38. The zero-order chi connectivity index (χ0) is 8.20. The highest BCUT2D eigenvalue weighted by atomic mass is 32.2. The minimum absolute atomic E-state index is 0.460. The first-order chi connectivity index (χ1) is 4.42. The first-order valence-electron chi connectivity index (χ1n) is 3.51. The molecule has 0 bridgehead atoms. The van der Waals surface area contributed by atoms with Crippen molar-refractivity contribution < 1.29 is 0 Å². The molecule has 0 nitrogen and oxygen atoms in total. The SMILES string of the molecule is CS(C)=C/C=C/[Si](C)(C)C. The summed E-state index contributed by atoms with van der Waals surface area (Å²) in [6, 6.07) is 0. The van der Waals surface area contributed by atoms with Crippen LogP contribution in [0.4, 0.5) is 0 Å². The maximum Gasteiger partial charge on any atom is 0.0687 e. The summed E-state index contributed by atoms with van der Waals surface area (Å²) in [4.78, 5) is 0. The van der Waals surface area contributed by atoms with Gasteiger partial charge in [0.1, 0.15) is 0 Å². The fourth-order valence-corrected chi connectivity index (χ4v) is 1.69. The van der Waals surface area contributed by atoms with Crippen molar-refractivity contribution in [2.75, 3.05) is 12.5 Å². The molecule has 0 unspecified atom stereocenters. The molecule has 0 N–H and O–H groups in total. The van der Waals surface area contributed by atoms with E-state index < -0.39 is 8.07 Å². The molecule has 0 atom stereocenters. The Labute approximate surface area is 68.3 Å². The molecule has 0 fully saturated rings. The number of hydrogen-bond acceptors (Lipinski definition) is 0. The number of rotatable bonds is 2. The molecular formula is C8H18SSi. The molecule has 0 aliphatic rings. The van der Waals surface area contributed by atoms with E-state index in [-0.39, 0.29) is 0 Å². The van der Waals surface area contributed by atoms with Gasteiger partial charge in [0.05, 0.1) is 8.07 Å². The van der Waals surface area contributed by atoms with Crippen LogP contribution in [0.3, 0.4) is 0 Å². The van der Waals surface area contributed by atoms with Crippen LogP contribution in [0.1, 0.15) is 0 Å². The molecule has 0 aromatic rings. The van der Waals surface area contributed by atoms with Crippen molar-refractivity contribution in [3.05, 3.63) is 11.8 Å². The van der Waals surface area contributed by atoms with Crippen LogP contribution in [0.2, 0.25) is 19.6 Å². The lowest BCUT2D eigenvalue weighted by atomic mass is 10.8. The first-order valence-corrected chi connectivity index (χ1v) is 9.19. The van der Waals surface area contributed by atoms with Crippen LogP contribution in [-0.4, -0.2) is 26.0 Å². The van der Waals surface area contributed by atoms with Gasteiger partial charge in [0.25, 0.3) is 0 Å². The molecule has 0 saturated carbocycles. The van der Waals surface area contributed by atoms with Gasteiger partial charge in [-0.1, -0.05) is 31.4 Å². The van der Waals surface area contributed by atoms with Crippen molar-refractivity contribution in [2.24, 2.45) is 0 Å². The van der Waals surface area contributed by atoms with E-state index >= 15 is 0 Å². The van der Waals surface area contributed by atoms with Crippen LogP contribution >= 0.6 is 10.5 Å². The summed E-state index contributed by atoms with van der Waals surface area (Å²) in [6.45, 7) is 7.04. The highest BCUT2D eigenvalue weighted by Gasteiger charge is 2.05. The predicted molar refractivity (Wildman–Crippen MR) is 58.0 cm³/mol. The monoisotopic (exact) mass is 174 g/mol. The van der Waals surface area contributed by atoms with Gasteiger partial charge in [0, 0.05) is 0 Å². The lowest BCUT2D eigenvalue weighted by molar-refractivity contribution is 1.77. The molecule has 0 rings (SSSR count). The molecule has 2 heteroatoms. The van der Waals surface area contributed by atoms with Crippen molar-refractivity contribution in [1.29, 1.82) is 0 Å². The smallest absolute Gasteiger partial charge is 0.0687 e. The largest absolute Gasteiger partial charge is 0.192 e. The maximum atomic E-state index is 2.38. The molecule has 0 saturated heterocycles. The molecule has 10 heavy (non-hydrogen) atoms. The lowest BCUT2D eigenvalue weighted by Gasteiger charge is -2.06. The third kappa shape index (κ3) is 8.18. The van der Waals surface area contributed by atoms with E-state index in [1.165, 1.54) is 0 Å². The van der Waals surface area contributed by atoms with Crippen molar-refractivity contribution >= 4 is 23.9 Å². The zero-order valence-electron chi connectivity index (χ0n) is 7.64. The molecule has 0 amide bonds. The van der Waals surface area contributed by atoms with Crippen LogP contribution in [0.15, 0.2) is 11.8 Å². The second-order valence-electron chi connectivity index (χ2n) is 3.74.